The van der Waals surface area contributed by atoms with Crippen molar-refractivity contribution in [1.82, 2.24) is 19.5 Å². The highest BCUT2D eigenvalue weighted by Crippen LogP contribution is 2.06. The predicted molar refractivity (Wildman–Crippen MR) is 64.9 cm³/mol. The van der Waals surface area contributed by atoms with Crippen molar-refractivity contribution >= 4 is 17.5 Å². The first-order valence-electron chi connectivity index (χ1n) is 5.33. The van der Waals surface area contributed by atoms with Gasteiger partial charge in [0.2, 0.25) is 11.9 Å². The first-order chi connectivity index (χ1) is 8.06. The minimum Gasteiger partial charge on any atom is -0.347 e. The van der Waals surface area contributed by atoms with Crippen molar-refractivity contribution < 1.29 is 4.79 Å². The quantitative estimate of drug-likeness (QED) is 0.840. The summed E-state index contributed by atoms with van der Waals surface area (Å²) in [7, 11) is 3.43. The average molecular weight is 233 g/mol. The fourth-order valence-electron chi connectivity index (χ4n) is 1.37. The lowest BCUT2D eigenvalue weighted by atomic mass is 10.3. The van der Waals surface area contributed by atoms with Crippen LogP contribution < -0.4 is 5.32 Å². The molecule has 0 aliphatic carbocycles. The molecule has 0 fully saturated rings. The summed E-state index contributed by atoms with van der Waals surface area (Å²) in [6.07, 6.45) is 1.89. The van der Waals surface area contributed by atoms with Gasteiger partial charge in [0.15, 0.2) is 5.65 Å². The summed E-state index contributed by atoms with van der Waals surface area (Å²) in [5, 5.41) is 7.13. The number of nitrogens with zero attached hydrogens (tertiary/aromatic N) is 4. The number of aromatic nitrogens is 3. The molecule has 2 aromatic heterocycles. The summed E-state index contributed by atoms with van der Waals surface area (Å²) in [6.45, 7) is 2.19. The largest absolute Gasteiger partial charge is 0.347 e. The van der Waals surface area contributed by atoms with E-state index in [1.54, 1.807) is 18.6 Å². The molecule has 0 saturated carbocycles. The van der Waals surface area contributed by atoms with Gasteiger partial charge in [-0.05, 0) is 18.6 Å². The number of aryl methyl sites for hydroxylation is 1. The first kappa shape index (κ1) is 11.4. The SMILES string of the molecule is Cc1ccc2nc(NCC(=O)N(C)C)nn2c1. The number of carbonyl (C=O) groups excluding carboxylic acids is 1. The van der Waals surface area contributed by atoms with Gasteiger partial charge >= 0.3 is 0 Å². The van der Waals surface area contributed by atoms with Gasteiger partial charge in [-0.2, -0.15) is 4.98 Å². The summed E-state index contributed by atoms with van der Waals surface area (Å²) in [6, 6.07) is 3.86. The Balaban J connectivity index is 2.12. The number of amides is 1. The third-order valence-corrected chi connectivity index (χ3v) is 2.38. The maximum absolute atomic E-state index is 11.4. The normalized spacial score (nSPS) is 10.5. The smallest absolute Gasteiger partial charge is 0.243 e. The van der Waals surface area contributed by atoms with E-state index in [1.807, 2.05) is 25.3 Å². The van der Waals surface area contributed by atoms with Crippen LogP contribution in [-0.2, 0) is 4.79 Å². The monoisotopic (exact) mass is 233 g/mol. The molecule has 1 amide bonds. The van der Waals surface area contributed by atoms with Gasteiger partial charge in [0.25, 0.3) is 0 Å². The number of nitrogens with one attached hydrogen (secondary N) is 1. The van der Waals surface area contributed by atoms with E-state index >= 15 is 0 Å². The standard InChI is InChI=1S/C11H15N5O/c1-8-4-5-9-13-11(14-16(9)7-8)12-6-10(17)15(2)3/h4-5,7H,6H2,1-3H3,(H,12,14). The van der Waals surface area contributed by atoms with Gasteiger partial charge in [0.05, 0.1) is 6.54 Å². The Bertz CT molecular complexity index is 546. The van der Waals surface area contributed by atoms with Crippen LogP contribution in [-0.4, -0.2) is 46.0 Å². The van der Waals surface area contributed by atoms with Crippen LogP contribution in [0.15, 0.2) is 18.3 Å². The van der Waals surface area contributed by atoms with Crippen molar-refractivity contribution in [3.05, 3.63) is 23.9 Å². The molecule has 0 spiro atoms. The van der Waals surface area contributed by atoms with Gasteiger partial charge in [0.1, 0.15) is 0 Å². The molecule has 2 aromatic rings. The van der Waals surface area contributed by atoms with Gasteiger partial charge in [-0.15, -0.1) is 5.10 Å². The summed E-state index contributed by atoms with van der Waals surface area (Å²) in [5.41, 5.74) is 1.87. The van der Waals surface area contributed by atoms with Gasteiger partial charge in [0, 0.05) is 20.3 Å². The number of pyridine rings is 1. The second kappa shape index (κ2) is 4.40. The van der Waals surface area contributed by atoms with E-state index in [9.17, 15) is 4.79 Å². The summed E-state index contributed by atoms with van der Waals surface area (Å²) >= 11 is 0. The van der Waals surface area contributed by atoms with Crippen molar-refractivity contribution in [3.8, 4) is 0 Å². The molecule has 0 saturated heterocycles. The third-order valence-electron chi connectivity index (χ3n) is 2.38. The Kier molecular flexibility index (Phi) is 2.95. The topological polar surface area (TPSA) is 62.5 Å². The van der Waals surface area contributed by atoms with Crippen molar-refractivity contribution in [2.45, 2.75) is 6.92 Å². The minimum atomic E-state index is -0.0139. The molecule has 6 nitrogen and oxygen atoms in total. The number of hydrogen-bond donors (Lipinski definition) is 1. The number of likely N-dealkylation sites (N-methyl/N-ethyl adjacent to an activating group) is 1. The molecule has 0 radical (unpaired) electrons. The Morgan fingerprint density at radius 2 is 2.24 bits per heavy atom. The number of hydrogen-bond acceptors (Lipinski definition) is 4. The molecule has 0 bridgehead atoms. The number of anilines is 1. The molecule has 90 valence electrons. The van der Waals surface area contributed by atoms with Crippen LogP contribution in [0.3, 0.4) is 0 Å². The number of fused-ring (bicyclic) bond motifs is 1. The Labute approximate surface area is 99.3 Å². The molecule has 17 heavy (non-hydrogen) atoms. The maximum atomic E-state index is 11.4. The van der Waals surface area contributed by atoms with Crippen molar-refractivity contribution in [3.63, 3.8) is 0 Å². The van der Waals surface area contributed by atoms with Crippen molar-refractivity contribution in [2.24, 2.45) is 0 Å². The Morgan fingerprint density at radius 1 is 1.47 bits per heavy atom. The number of rotatable bonds is 3. The van der Waals surface area contributed by atoms with Crippen molar-refractivity contribution in [1.29, 1.82) is 0 Å². The molecular formula is C11H15N5O. The summed E-state index contributed by atoms with van der Waals surface area (Å²) < 4.78 is 1.69. The Morgan fingerprint density at radius 3 is 2.94 bits per heavy atom. The van der Waals surface area contributed by atoms with Crippen LogP contribution in [0.2, 0.25) is 0 Å². The summed E-state index contributed by atoms with van der Waals surface area (Å²) in [5.74, 6) is 0.450. The van der Waals surface area contributed by atoms with Gasteiger partial charge in [-0.1, -0.05) is 6.07 Å². The first-order valence-corrected chi connectivity index (χ1v) is 5.33. The fraction of sp³-hybridized carbons (Fsp3) is 0.364. The summed E-state index contributed by atoms with van der Waals surface area (Å²) in [4.78, 5) is 17.2. The highest BCUT2D eigenvalue weighted by atomic mass is 16.2. The van der Waals surface area contributed by atoms with Crippen LogP contribution in [0.5, 0.6) is 0 Å². The lowest BCUT2D eigenvalue weighted by Crippen LogP contribution is -2.28. The molecule has 0 aliphatic rings. The number of carbonyl (C=O) groups is 1. The van der Waals surface area contributed by atoms with Gasteiger partial charge in [-0.25, -0.2) is 4.52 Å². The van der Waals surface area contributed by atoms with Gasteiger partial charge in [-0.3, -0.25) is 4.79 Å². The zero-order valence-electron chi connectivity index (χ0n) is 10.1. The average Bonchev–Trinajstić information content (AvgIpc) is 2.67. The van der Waals surface area contributed by atoms with Crippen molar-refractivity contribution in [2.75, 3.05) is 26.0 Å². The van der Waals surface area contributed by atoms with Crippen LogP contribution in [0.1, 0.15) is 5.56 Å². The van der Waals surface area contributed by atoms with E-state index in [0.717, 1.165) is 11.2 Å². The molecule has 2 heterocycles. The van der Waals surface area contributed by atoms with E-state index in [4.69, 9.17) is 0 Å². The highest BCUT2D eigenvalue weighted by Gasteiger charge is 2.06. The maximum Gasteiger partial charge on any atom is 0.243 e. The van der Waals surface area contributed by atoms with E-state index in [1.165, 1.54) is 4.90 Å². The fourth-order valence-corrected chi connectivity index (χ4v) is 1.37. The Hall–Kier alpha value is -2.11. The van der Waals surface area contributed by atoms with Crippen LogP contribution >= 0.6 is 0 Å². The molecule has 0 aliphatic heterocycles. The van der Waals surface area contributed by atoms with E-state index in [2.05, 4.69) is 15.4 Å². The zero-order valence-corrected chi connectivity index (χ0v) is 10.1. The van der Waals surface area contributed by atoms with Crippen LogP contribution in [0.4, 0.5) is 5.95 Å². The molecule has 6 heteroatoms. The predicted octanol–water partition coefficient (Wildman–Crippen LogP) is 0.538. The van der Waals surface area contributed by atoms with E-state index in [0.29, 0.717) is 5.95 Å². The molecular weight excluding hydrogens is 218 g/mol. The molecule has 1 N–H and O–H groups in total. The lowest BCUT2D eigenvalue weighted by molar-refractivity contribution is -0.126. The molecule has 2 rings (SSSR count). The van der Waals surface area contributed by atoms with Crippen LogP contribution in [0.25, 0.3) is 5.65 Å². The van der Waals surface area contributed by atoms with Crippen LogP contribution in [0, 0.1) is 6.92 Å². The second-order valence-electron chi connectivity index (χ2n) is 4.09. The molecule has 0 atom stereocenters. The van der Waals surface area contributed by atoms with Gasteiger partial charge < -0.3 is 10.2 Å². The highest BCUT2D eigenvalue weighted by molar-refractivity contribution is 5.79. The lowest BCUT2D eigenvalue weighted by Gasteiger charge is -2.09. The third kappa shape index (κ3) is 2.52. The molecule has 0 unspecified atom stereocenters. The molecule has 0 aromatic carbocycles. The van der Waals surface area contributed by atoms with E-state index < -0.39 is 0 Å². The van der Waals surface area contributed by atoms with E-state index in [-0.39, 0.29) is 12.5 Å². The zero-order chi connectivity index (χ0) is 12.4. The minimum absolute atomic E-state index is 0.0139. The second-order valence-corrected chi connectivity index (χ2v) is 4.09.